The molecule has 5 nitrogen and oxygen atoms in total. The van der Waals surface area contributed by atoms with Crippen molar-refractivity contribution in [3.63, 3.8) is 0 Å². The van der Waals surface area contributed by atoms with Gasteiger partial charge in [0, 0.05) is 6.54 Å². The van der Waals surface area contributed by atoms with Crippen LogP contribution in [0.3, 0.4) is 0 Å². The number of nitrogens with one attached hydrogen (secondary N) is 1. The average molecular weight is 291 g/mol. The van der Waals surface area contributed by atoms with E-state index in [2.05, 4.69) is 5.32 Å². The molecule has 1 amide bonds. The van der Waals surface area contributed by atoms with Gasteiger partial charge in [-0.05, 0) is 32.0 Å². The van der Waals surface area contributed by atoms with E-state index in [0.29, 0.717) is 12.2 Å². The molecule has 0 aliphatic heterocycles. The Morgan fingerprint density at radius 3 is 2.61 bits per heavy atom. The second kappa shape index (κ2) is 5.58. The van der Waals surface area contributed by atoms with Crippen LogP contribution in [-0.4, -0.2) is 26.1 Å². The normalized spacial score (nSPS) is 13.1. The molecular weight excluding hydrogens is 276 g/mol. The van der Waals surface area contributed by atoms with E-state index in [0.717, 1.165) is 0 Å². The van der Waals surface area contributed by atoms with Crippen LogP contribution in [0.1, 0.15) is 13.8 Å². The molecule has 1 unspecified atom stereocenters. The Bertz CT molecular complexity index is 557. The van der Waals surface area contributed by atoms with E-state index in [1.54, 1.807) is 6.92 Å². The minimum atomic E-state index is -3.75. The summed E-state index contributed by atoms with van der Waals surface area (Å²) in [4.78, 5) is 11.6. The van der Waals surface area contributed by atoms with E-state index in [9.17, 15) is 13.2 Å². The summed E-state index contributed by atoms with van der Waals surface area (Å²) in [6.07, 6.45) is 0. The summed E-state index contributed by atoms with van der Waals surface area (Å²) in [6.45, 7) is 3.43. The third-order valence-electron chi connectivity index (χ3n) is 2.49. The van der Waals surface area contributed by atoms with E-state index >= 15 is 0 Å². The molecule has 0 fully saturated rings. The largest absolute Gasteiger partial charge is 0.398 e. The number of halogens is 1. The second-order valence-corrected chi connectivity index (χ2v) is 6.44. The number of benzene rings is 1. The summed E-state index contributed by atoms with van der Waals surface area (Å²) in [6, 6.07) is 3.99. The minimum absolute atomic E-state index is 0.0135. The topological polar surface area (TPSA) is 89.3 Å². The fourth-order valence-corrected chi connectivity index (χ4v) is 2.91. The van der Waals surface area contributed by atoms with Crippen LogP contribution in [0.2, 0.25) is 5.02 Å². The molecule has 0 aromatic heterocycles. The predicted octanol–water partition coefficient (Wildman–Crippen LogP) is 1.22. The van der Waals surface area contributed by atoms with Gasteiger partial charge in [0.25, 0.3) is 0 Å². The van der Waals surface area contributed by atoms with Crippen LogP contribution in [0.25, 0.3) is 0 Å². The number of hydrogen-bond donors (Lipinski definition) is 2. The summed E-state index contributed by atoms with van der Waals surface area (Å²) in [7, 11) is -3.75. The average Bonchev–Trinajstić information content (AvgIpc) is 2.31. The Kier molecular flexibility index (Phi) is 4.59. The molecule has 0 saturated heterocycles. The van der Waals surface area contributed by atoms with Crippen molar-refractivity contribution in [2.45, 2.75) is 24.0 Å². The molecule has 1 aromatic carbocycles. The molecule has 1 rings (SSSR count). The lowest BCUT2D eigenvalue weighted by Crippen LogP contribution is -2.37. The molecule has 7 heteroatoms. The first-order valence-electron chi connectivity index (χ1n) is 5.37. The van der Waals surface area contributed by atoms with E-state index in [1.807, 2.05) is 0 Å². The third kappa shape index (κ3) is 2.94. The van der Waals surface area contributed by atoms with Crippen LogP contribution in [-0.2, 0) is 14.6 Å². The van der Waals surface area contributed by atoms with Gasteiger partial charge in [-0.1, -0.05) is 11.6 Å². The van der Waals surface area contributed by atoms with E-state index in [4.69, 9.17) is 17.3 Å². The van der Waals surface area contributed by atoms with Crippen molar-refractivity contribution in [3.05, 3.63) is 23.2 Å². The van der Waals surface area contributed by atoms with Crippen LogP contribution in [0, 0.1) is 0 Å². The lowest BCUT2D eigenvalue weighted by molar-refractivity contribution is -0.120. The Labute approximate surface area is 111 Å². The monoisotopic (exact) mass is 290 g/mol. The zero-order valence-electron chi connectivity index (χ0n) is 10.1. The fraction of sp³-hybridized carbons (Fsp3) is 0.364. The van der Waals surface area contributed by atoms with Gasteiger partial charge in [-0.15, -0.1) is 0 Å². The zero-order valence-corrected chi connectivity index (χ0v) is 11.7. The summed E-state index contributed by atoms with van der Waals surface area (Å²) < 4.78 is 24.3. The first-order valence-corrected chi connectivity index (χ1v) is 7.29. The summed E-state index contributed by atoms with van der Waals surface area (Å²) in [5.74, 6) is -0.537. The van der Waals surface area contributed by atoms with Crippen molar-refractivity contribution in [2.75, 3.05) is 12.3 Å². The van der Waals surface area contributed by atoms with Crippen molar-refractivity contribution in [2.24, 2.45) is 0 Å². The quantitative estimate of drug-likeness (QED) is 0.816. The van der Waals surface area contributed by atoms with Crippen molar-refractivity contribution in [1.82, 2.24) is 5.32 Å². The van der Waals surface area contributed by atoms with Gasteiger partial charge in [0.2, 0.25) is 5.91 Å². The van der Waals surface area contributed by atoms with Crippen LogP contribution in [0.5, 0.6) is 0 Å². The Morgan fingerprint density at radius 1 is 1.50 bits per heavy atom. The van der Waals surface area contributed by atoms with Crippen molar-refractivity contribution < 1.29 is 13.2 Å². The number of nitrogens with two attached hydrogens (primary N) is 1. The molecule has 0 spiro atoms. The molecule has 100 valence electrons. The van der Waals surface area contributed by atoms with Crippen molar-refractivity contribution in [3.8, 4) is 0 Å². The van der Waals surface area contributed by atoms with Gasteiger partial charge in [-0.25, -0.2) is 8.42 Å². The van der Waals surface area contributed by atoms with Gasteiger partial charge in [0.05, 0.1) is 15.6 Å². The van der Waals surface area contributed by atoms with Gasteiger partial charge in [-0.2, -0.15) is 0 Å². The SMILES string of the molecule is CCNC(=O)C(C)S(=O)(=O)c1ccc(N)c(Cl)c1. The predicted molar refractivity (Wildman–Crippen MR) is 71.2 cm³/mol. The van der Waals surface area contributed by atoms with Crippen LogP contribution < -0.4 is 11.1 Å². The fourth-order valence-electron chi connectivity index (χ4n) is 1.35. The Morgan fingerprint density at radius 2 is 2.11 bits per heavy atom. The number of hydrogen-bond acceptors (Lipinski definition) is 4. The maximum Gasteiger partial charge on any atom is 0.238 e. The van der Waals surface area contributed by atoms with Crippen LogP contribution in [0.15, 0.2) is 23.1 Å². The molecule has 0 aliphatic carbocycles. The first kappa shape index (κ1) is 14.8. The third-order valence-corrected chi connectivity index (χ3v) is 4.87. The molecule has 3 N–H and O–H groups in total. The zero-order chi connectivity index (χ0) is 13.9. The van der Waals surface area contributed by atoms with E-state index < -0.39 is 21.0 Å². The molecule has 0 aliphatic rings. The standard InChI is InChI=1S/C11H15ClN2O3S/c1-3-14-11(15)7(2)18(16,17)8-4-5-10(13)9(12)6-8/h4-7H,3,13H2,1-2H3,(H,14,15). The lowest BCUT2D eigenvalue weighted by atomic mass is 10.3. The van der Waals surface area contributed by atoms with Crippen molar-refractivity contribution >= 4 is 33.0 Å². The number of carbonyl (C=O) groups is 1. The number of carbonyl (C=O) groups excluding carboxylic acids is 1. The number of nitrogen functional groups attached to an aromatic ring is 1. The molecular formula is C11H15ClN2O3S. The van der Waals surface area contributed by atoms with Crippen LogP contribution in [0.4, 0.5) is 5.69 Å². The number of amides is 1. The van der Waals surface area contributed by atoms with Gasteiger partial charge < -0.3 is 11.1 Å². The number of rotatable bonds is 4. The maximum atomic E-state index is 12.2. The highest BCUT2D eigenvalue weighted by atomic mass is 35.5. The molecule has 18 heavy (non-hydrogen) atoms. The Hall–Kier alpha value is -1.27. The smallest absolute Gasteiger partial charge is 0.238 e. The minimum Gasteiger partial charge on any atom is -0.398 e. The highest BCUT2D eigenvalue weighted by Gasteiger charge is 2.29. The van der Waals surface area contributed by atoms with Gasteiger partial charge in [0.1, 0.15) is 5.25 Å². The molecule has 0 bridgehead atoms. The molecule has 1 aromatic rings. The molecule has 0 radical (unpaired) electrons. The lowest BCUT2D eigenvalue weighted by Gasteiger charge is -2.13. The summed E-state index contributed by atoms with van der Waals surface area (Å²) >= 11 is 5.78. The number of anilines is 1. The Balaban J connectivity index is 3.13. The molecule has 0 saturated carbocycles. The summed E-state index contributed by atoms with van der Waals surface area (Å²) in [5.41, 5.74) is 5.80. The highest BCUT2D eigenvalue weighted by molar-refractivity contribution is 7.92. The van der Waals surface area contributed by atoms with Gasteiger partial charge in [0.15, 0.2) is 9.84 Å². The summed E-state index contributed by atoms with van der Waals surface area (Å²) in [5, 5.41) is 1.45. The van der Waals surface area contributed by atoms with E-state index in [-0.39, 0.29) is 9.92 Å². The van der Waals surface area contributed by atoms with E-state index in [1.165, 1.54) is 25.1 Å². The highest BCUT2D eigenvalue weighted by Crippen LogP contribution is 2.24. The van der Waals surface area contributed by atoms with Crippen LogP contribution >= 0.6 is 11.6 Å². The van der Waals surface area contributed by atoms with Crippen molar-refractivity contribution in [1.29, 1.82) is 0 Å². The molecule has 0 heterocycles. The first-order chi connectivity index (χ1) is 8.30. The molecule has 1 atom stereocenters. The van der Waals surface area contributed by atoms with Gasteiger partial charge in [-0.3, -0.25) is 4.79 Å². The van der Waals surface area contributed by atoms with Gasteiger partial charge >= 0.3 is 0 Å². The maximum absolute atomic E-state index is 12.2. The second-order valence-electron chi connectivity index (χ2n) is 3.77. The number of sulfone groups is 1.